The molecule has 2 nitrogen and oxygen atoms in total. The molecule has 2 heterocycles. The van der Waals surface area contributed by atoms with E-state index in [1.165, 1.54) is 47.2 Å². The molecule has 5 aromatic carbocycles. The number of para-hydroxylation sites is 1. The Morgan fingerprint density at radius 2 is 1.31 bits per heavy atom. The zero-order valence-corrected chi connectivity index (χ0v) is 20.9. The van der Waals surface area contributed by atoms with Gasteiger partial charge in [-0.05, 0) is 57.6 Å². The summed E-state index contributed by atoms with van der Waals surface area (Å²) in [6.45, 7) is 0. The lowest BCUT2D eigenvalue weighted by Gasteiger charge is -2.16. The average molecular weight is 497 g/mol. The van der Waals surface area contributed by atoms with Gasteiger partial charge in [-0.3, -0.25) is 4.98 Å². The van der Waals surface area contributed by atoms with E-state index in [0.717, 1.165) is 16.1 Å². The second-order valence-electron chi connectivity index (χ2n) is 8.65. The van der Waals surface area contributed by atoms with Crippen LogP contribution in [0.2, 0.25) is 0 Å². The van der Waals surface area contributed by atoms with Crippen LogP contribution in [0.1, 0.15) is 0 Å². The SMILES string of the molecule is c1ccc(-c2c3ccccc3c(Sc3ccc(-c4nc5ccccc5s4)cc3)c3ccncc23)cc1. The molecule has 0 saturated carbocycles. The summed E-state index contributed by atoms with van der Waals surface area (Å²) < 4.78 is 1.22. The van der Waals surface area contributed by atoms with E-state index in [-0.39, 0.29) is 0 Å². The van der Waals surface area contributed by atoms with Crippen molar-refractivity contribution in [3.05, 3.63) is 122 Å². The monoisotopic (exact) mass is 496 g/mol. The first-order valence-corrected chi connectivity index (χ1v) is 13.5. The zero-order valence-electron chi connectivity index (χ0n) is 19.3. The van der Waals surface area contributed by atoms with Crippen molar-refractivity contribution in [2.24, 2.45) is 0 Å². The molecule has 0 atom stereocenters. The predicted octanol–water partition coefficient (Wildman–Crippen LogP) is 9.48. The molecule has 7 rings (SSSR count). The average Bonchev–Trinajstić information content (AvgIpc) is 3.38. The molecule has 0 fully saturated rings. The lowest BCUT2D eigenvalue weighted by molar-refractivity contribution is 1.36. The number of rotatable bonds is 4. The van der Waals surface area contributed by atoms with Gasteiger partial charge in [0, 0.05) is 33.1 Å². The van der Waals surface area contributed by atoms with Crippen LogP contribution in [0.5, 0.6) is 0 Å². The smallest absolute Gasteiger partial charge is 0.124 e. The molecule has 170 valence electrons. The minimum Gasteiger partial charge on any atom is -0.264 e. The lowest BCUT2D eigenvalue weighted by Crippen LogP contribution is -1.90. The largest absolute Gasteiger partial charge is 0.264 e. The molecule has 0 bridgehead atoms. The third-order valence-corrected chi connectivity index (χ3v) is 8.69. The fraction of sp³-hybridized carbons (Fsp3) is 0. The van der Waals surface area contributed by atoms with Crippen LogP contribution < -0.4 is 0 Å². The van der Waals surface area contributed by atoms with Crippen molar-refractivity contribution in [3.63, 3.8) is 0 Å². The number of fused-ring (bicyclic) bond motifs is 3. The van der Waals surface area contributed by atoms with Gasteiger partial charge in [0.2, 0.25) is 0 Å². The number of thiazole rings is 1. The molecule has 0 amide bonds. The normalized spacial score (nSPS) is 11.4. The molecular formula is C32H20N2S2. The maximum absolute atomic E-state index is 4.82. The standard InChI is InChI=1S/C32H20N2S2/c1-2-8-21(9-3-1)30-24-10-4-5-11-25(24)31(26-18-19-33-20-27(26)30)35-23-16-14-22(15-17-23)32-34-28-12-6-7-13-29(28)36-32/h1-20H. The lowest BCUT2D eigenvalue weighted by atomic mass is 9.93. The molecule has 0 radical (unpaired) electrons. The van der Waals surface area contributed by atoms with Crippen LogP contribution in [0, 0.1) is 0 Å². The highest BCUT2D eigenvalue weighted by molar-refractivity contribution is 7.99. The molecule has 0 aliphatic carbocycles. The summed E-state index contributed by atoms with van der Waals surface area (Å²) in [4.78, 5) is 11.8. The quantitative estimate of drug-likeness (QED) is 0.227. The Labute approximate surface area is 217 Å². The van der Waals surface area contributed by atoms with E-state index in [2.05, 4.69) is 108 Å². The number of aromatic nitrogens is 2. The summed E-state index contributed by atoms with van der Waals surface area (Å²) in [5.74, 6) is 0. The van der Waals surface area contributed by atoms with Gasteiger partial charge in [0.1, 0.15) is 5.01 Å². The fourth-order valence-electron chi connectivity index (χ4n) is 4.79. The first kappa shape index (κ1) is 21.3. The van der Waals surface area contributed by atoms with Gasteiger partial charge in [0.15, 0.2) is 0 Å². The summed E-state index contributed by atoms with van der Waals surface area (Å²) in [5, 5.41) is 5.97. The van der Waals surface area contributed by atoms with Gasteiger partial charge >= 0.3 is 0 Å². The van der Waals surface area contributed by atoms with Gasteiger partial charge in [-0.25, -0.2) is 4.98 Å². The minimum absolute atomic E-state index is 1.06. The molecule has 7 aromatic rings. The van der Waals surface area contributed by atoms with Crippen molar-refractivity contribution in [1.29, 1.82) is 0 Å². The zero-order chi connectivity index (χ0) is 23.9. The molecule has 0 unspecified atom stereocenters. The Kier molecular flexibility index (Phi) is 5.27. The molecule has 0 N–H and O–H groups in total. The van der Waals surface area contributed by atoms with Gasteiger partial charge in [0.25, 0.3) is 0 Å². The highest BCUT2D eigenvalue weighted by Crippen LogP contribution is 2.45. The molecule has 2 aromatic heterocycles. The molecule has 4 heteroatoms. The number of pyridine rings is 1. The topological polar surface area (TPSA) is 25.8 Å². The van der Waals surface area contributed by atoms with E-state index >= 15 is 0 Å². The van der Waals surface area contributed by atoms with E-state index in [1.807, 2.05) is 30.2 Å². The Balaban J connectivity index is 1.35. The van der Waals surface area contributed by atoms with Crippen LogP contribution >= 0.6 is 23.1 Å². The van der Waals surface area contributed by atoms with Crippen LogP contribution in [-0.4, -0.2) is 9.97 Å². The van der Waals surface area contributed by atoms with E-state index < -0.39 is 0 Å². The van der Waals surface area contributed by atoms with E-state index in [9.17, 15) is 0 Å². The van der Waals surface area contributed by atoms with Gasteiger partial charge in [-0.15, -0.1) is 11.3 Å². The maximum Gasteiger partial charge on any atom is 0.124 e. The second kappa shape index (κ2) is 8.90. The van der Waals surface area contributed by atoms with Crippen molar-refractivity contribution in [3.8, 4) is 21.7 Å². The Hall–Kier alpha value is -3.99. The van der Waals surface area contributed by atoms with Crippen LogP contribution in [0.25, 0.3) is 53.5 Å². The van der Waals surface area contributed by atoms with Crippen molar-refractivity contribution in [2.75, 3.05) is 0 Å². The molecule has 0 spiro atoms. The Bertz CT molecular complexity index is 1770. The van der Waals surface area contributed by atoms with Crippen molar-refractivity contribution in [2.45, 2.75) is 9.79 Å². The summed E-state index contributed by atoms with van der Waals surface area (Å²) in [6.07, 6.45) is 3.90. The summed E-state index contributed by atoms with van der Waals surface area (Å²) in [7, 11) is 0. The summed E-state index contributed by atoms with van der Waals surface area (Å²) in [6, 6.07) is 38.6. The predicted molar refractivity (Wildman–Crippen MR) is 154 cm³/mol. The number of nitrogens with zero attached hydrogens (tertiary/aromatic N) is 2. The van der Waals surface area contributed by atoms with Crippen molar-refractivity contribution >= 4 is 54.9 Å². The van der Waals surface area contributed by atoms with Gasteiger partial charge < -0.3 is 0 Å². The first-order chi connectivity index (χ1) is 17.8. The first-order valence-electron chi connectivity index (χ1n) is 11.8. The highest BCUT2D eigenvalue weighted by atomic mass is 32.2. The molecule has 36 heavy (non-hydrogen) atoms. The van der Waals surface area contributed by atoms with Crippen molar-refractivity contribution < 1.29 is 0 Å². The van der Waals surface area contributed by atoms with Gasteiger partial charge in [-0.2, -0.15) is 0 Å². The summed E-state index contributed by atoms with van der Waals surface area (Å²) >= 11 is 3.55. The number of hydrogen-bond acceptors (Lipinski definition) is 4. The van der Waals surface area contributed by atoms with Crippen LogP contribution in [0.4, 0.5) is 0 Å². The Morgan fingerprint density at radius 3 is 2.14 bits per heavy atom. The van der Waals surface area contributed by atoms with Gasteiger partial charge in [-0.1, -0.05) is 90.6 Å². The number of hydrogen-bond donors (Lipinski definition) is 0. The van der Waals surface area contributed by atoms with E-state index in [1.54, 1.807) is 11.3 Å². The molecule has 0 aliphatic rings. The van der Waals surface area contributed by atoms with Crippen LogP contribution in [-0.2, 0) is 0 Å². The molecule has 0 saturated heterocycles. The van der Waals surface area contributed by atoms with Gasteiger partial charge in [0.05, 0.1) is 10.2 Å². The summed E-state index contributed by atoms with van der Waals surface area (Å²) in [5.41, 5.74) is 4.66. The van der Waals surface area contributed by atoms with E-state index in [0.29, 0.717) is 0 Å². The van der Waals surface area contributed by atoms with Crippen molar-refractivity contribution in [1.82, 2.24) is 9.97 Å². The Morgan fingerprint density at radius 1 is 0.583 bits per heavy atom. The second-order valence-corrected chi connectivity index (χ2v) is 10.8. The minimum atomic E-state index is 1.06. The van der Waals surface area contributed by atoms with E-state index in [4.69, 9.17) is 4.98 Å². The fourth-order valence-corrected chi connectivity index (χ4v) is 6.84. The molecular weight excluding hydrogens is 477 g/mol. The third-order valence-electron chi connectivity index (χ3n) is 6.45. The highest BCUT2D eigenvalue weighted by Gasteiger charge is 2.16. The molecule has 0 aliphatic heterocycles. The third kappa shape index (κ3) is 3.67. The van der Waals surface area contributed by atoms with Crippen LogP contribution in [0.15, 0.2) is 131 Å². The maximum atomic E-state index is 4.82. The van der Waals surface area contributed by atoms with Crippen LogP contribution in [0.3, 0.4) is 0 Å². The number of benzene rings is 5.